The first kappa shape index (κ1) is 13.4. The van der Waals surface area contributed by atoms with Gasteiger partial charge in [0.15, 0.2) is 0 Å². The summed E-state index contributed by atoms with van der Waals surface area (Å²) in [6.07, 6.45) is 6.00. The highest BCUT2D eigenvalue weighted by molar-refractivity contribution is 5.39. The van der Waals surface area contributed by atoms with Crippen LogP contribution in [0.15, 0.2) is 0 Å². The van der Waals surface area contributed by atoms with Crippen molar-refractivity contribution in [1.29, 1.82) is 0 Å². The monoisotopic (exact) mass is 277 g/mol. The summed E-state index contributed by atoms with van der Waals surface area (Å²) in [7, 11) is 0. The topological polar surface area (TPSA) is 63.2 Å². The highest BCUT2D eigenvalue weighted by Crippen LogP contribution is 2.29. The zero-order valence-electron chi connectivity index (χ0n) is 12.1. The van der Waals surface area contributed by atoms with E-state index < -0.39 is 0 Å². The lowest BCUT2D eigenvalue weighted by Crippen LogP contribution is -2.22. The van der Waals surface area contributed by atoms with Crippen LogP contribution in [0.4, 0.5) is 11.9 Å². The van der Waals surface area contributed by atoms with Crippen molar-refractivity contribution in [3.63, 3.8) is 0 Å². The average Bonchev–Trinajstić information content (AvgIpc) is 3.14. The van der Waals surface area contributed by atoms with Gasteiger partial charge in [0, 0.05) is 19.6 Å². The molecule has 1 N–H and O–H groups in total. The minimum atomic E-state index is 0.465. The fourth-order valence-corrected chi connectivity index (χ4v) is 2.26. The largest absolute Gasteiger partial charge is 0.463 e. The standard InChI is InChI=1S/C14H23N5O/c1-2-7-15-12-16-13(19-8-3-4-9-19)18-14(17-12)20-10-11-5-6-11/h11H,2-10H2,1H3,(H,15,16,17,18). The van der Waals surface area contributed by atoms with E-state index in [0.717, 1.165) is 38.6 Å². The molecule has 110 valence electrons. The lowest BCUT2D eigenvalue weighted by Gasteiger charge is -2.16. The first-order chi connectivity index (χ1) is 9.85. The minimum Gasteiger partial charge on any atom is -0.463 e. The molecule has 1 aliphatic heterocycles. The molecule has 0 unspecified atom stereocenters. The molecule has 2 heterocycles. The molecule has 0 atom stereocenters. The lowest BCUT2D eigenvalue weighted by molar-refractivity contribution is 0.276. The average molecular weight is 277 g/mol. The van der Waals surface area contributed by atoms with Gasteiger partial charge in [-0.3, -0.25) is 0 Å². The Morgan fingerprint density at radius 2 is 2.00 bits per heavy atom. The SMILES string of the molecule is CCCNc1nc(OCC2CC2)nc(N2CCCC2)n1. The molecule has 0 amide bonds. The third-order valence-corrected chi connectivity index (χ3v) is 3.67. The van der Waals surface area contributed by atoms with Crippen molar-refractivity contribution in [2.24, 2.45) is 5.92 Å². The molecule has 20 heavy (non-hydrogen) atoms. The van der Waals surface area contributed by atoms with E-state index in [-0.39, 0.29) is 0 Å². The Bertz CT molecular complexity index is 443. The van der Waals surface area contributed by atoms with Crippen molar-refractivity contribution in [2.75, 3.05) is 36.5 Å². The quantitative estimate of drug-likeness (QED) is 0.823. The molecule has 2 aliphatic rings. The van der Waals surface area contributed by atoms with Crippen molar-refractivity contribution < 1.29 is 4.74 Å². The first-order valence-corrected chi connectivity index (χ1v) is 7.73. The van der Waals surface area contributed by atoms with E-state index in [9.17, 15) is 0 Å². The van der Waals surface area contributed by atoms with Crippen molar-refractivity contribution >= 4 is 11.9 Å². The van der Waals surface area contributed by atoms with Crippen LogP contribution in [0.3, 0.4) is 0 Å². The van der Waals surface area contributed by atoms with Crippen LogP contribution in [0.5, 0.6) is 6.01 Å². The molecule has 1 aromatic heterocycles. The summed E-state index contributed by atoms with van der Waals surface area (Å²) in [6.45, 7) is 5.78. The van der Waals surface area contributed by atoms with E-state index in [4.69, 9.17) is 4.74 Å². The normalized spacial score (nSPS) is 18.4. The van der Waals surface area contributed by atoms with Gasteiger partial charge in [0.2, 0.25) is 11.9 Å². The summed E-state index contributed by atoms with van der Waals surface area (Å²) in [5, 5.41) is 3.23. The van der Waals surface area contributed by atoms with E-state index in [0.29, 0.717) is 17.9 Å². The first-order valence-electron chi connectivity index (χ1n) is 7.73. The zero-order chi connectivity index (χ0) is 13.8. The molecule has 1 saturated carbocycles. The zero-order valence-corrected chi connectivity index (χ0v) is 12.1. The van der Waals surface area contributed by atoms with Gasteiger partial charge < -0.3 is 15.0 Å². The van der Waals surface area contributed by atoms with Gasteiger partial charge in [-0.15, -0.1) is 0 Å². The van der Waals surface area contributed by atoms with Crippen LogP contribution in [-0.4, -0.2) is 41.2 Å². The summed E-state index contributed by atoms with van der Waals surface area (Å²) in [6, 6.07) is 0.465. The van der Waals surface area contributed by atoms with E-state index >= 15 is 0 Å². The van der Waals surface area contributed by atoms with Crippen LogP contribution < -0.4 is 15.0 Å². The van der Waals surface area contributed by atoms with E-state index in [1.54, 1.807) is 0 Å². The maximum absolute atomic E-state index is 5.72. The second kappa shape index (κ2) is 6.24. The Morgan fingerprint density at radius 1 is 1.20 bits per heavy atom. The summed E-state index contributed by atoms with van der Waals surface area (Å²) in [5.41, 5.74) is 0. The second-order valence-electron chi connectivity index (χ2n) is 5.62. The van der Waals surface area contributed by atoms with Gasteiger partial charge in [-0.1, -0.05) is 6.92 Å². The van der Waals surface area contributed by atoms with Crippen LogP contribution in [0.2, 0.25) is 0 Å². The Balaban J connectivity index is 1.73. The number of ether oxygens (including phenoxy) is 1. The molecule has 6 heteroatoms. The van der Waals surface area contributed by atoms with E-state index in [1.165, 1.54) is 25.7 Å². The Labute approximate surface area is 120 Å². The van der Waals surface area contributed by atoms with Gasteiger partial charge in [0.1, 0.15) is 0 Å². The lowest BCUT2D eigenvalue weighted by atomic mass is 10.4. The Morgan fingerprint density at radius 3 is 2.70 bits per heavy atom. The van der Waals surface area contributed by atoms with Crippen molar-refractivity contribution in [3.8, 4) is 6.01 Å². The summed E-state index contributed by atoms with van der Waals surface area (Å²) >= 11 is 0. The number of nitrogens with one attached hydrogen (secondary N) is 1. The van der Waals surface area contributed by atoms with Crippen molar-refractivity contribution in [2.45, 2.75) is 39.0 Å². The predicted octanol–water partition coefficient (Wildman–Crippen LogP) is 2.08. The fourth-order valence-electron chi connectivity index (χ4n) is 2.26. The molecule has 0 bridgehead atoms. The Hall–Kier alpha value is -1.59. The molecule has 2 fully saturated rings. The summed E-state index contributed by atoms with van der Waals surface area (Å²) in [5.74, 6) is 2.09. The van der Waals surface area contributed by atoms with Crippen LogP contribution in [0, 0.1) is 5.92 Å². The van der Waals surface area contributed by atoms with E-state index in [2.05, 4.69) is 32.1 Å². The number of rotatable bonds is 7. The molecule has 0 aromatic carbocycles. The summed E-state index contributed by atoms with van der Waals surface area (Å²) < 4.78 is 5.72. The molecule has 1 aromatic rings. The third kappa shape index (κ3) is 3.49. The van der Waals surface area contributed by atoms with Gasteiger partial charge in [-0.05, 0) is 38.0 Å². The van der Waals surface area contributed by atoms with Crippen LogP contribution in [0.25, 0.3) is 0 Å². The minimum absolute atomic E-state index is 0.465. The molecular formula is C14H23N5O. The second-order valence-corrected chi connectivity index (χ2v) is 5.62. The molecule has 3 rings (SSSR count). The van der Waals surface area contributed by atoms with Gasteiger partial charge in [-0.2, -0.15) is 15.0 Å². The smallest absolute Gasteiger partial charge is 0.323 e. The van der Waals surface area contributed by atoms with E-state index in [1.807, 2.05) is 0 Å². The molecule has 0 radical (unpaired) electrons. The van der Waals surface area contributed by atoms with Crippen molar-refractivity contribution in [1.82, 2.24) is 15.0 Å². The number of hydrogen-bond donors (Lipinski definition) is 1. The van der Waals surface area contributed by atoms with Gasteiger partial charge >= 0.3 is 6.01 Å². The third-order valence-electron chi connectivity index (χ3n) is 3.67. The molecule has 1 saturated heterocycles. The number of aromatic nitrogens is 3. The fraction of sp³-hybridized carbons (Fsp3) is 0.786. The predicted molar refractivity (Wildman–Crippen MR) is 78.3 cm³/mol. The van der Waals surface area contributed by atoms with Crippen molar-refractivity contribution in [3.05, 3.63) is 0 Å². The molecule has 0 spiro atoms. The van der Waals surface area contributed by atoms with Gasteiger partial charge in [0.05, 0.1) is 6.61 Å². The number of hydrogen-bond acceptors (Lipinski definition) is 6. The molecule has 6 nitrogen and oxygen atoms in total. The highest BCUT2D eigenvalue weighted by Gasteiger charge is 2.23. The number of nitrogens with zero attached hydrogens (tertiary/aromatic N) is 4. The maximum Gasteiger partial charge on any atom is 0.323 e. The van der Waals surface area contributed by atoms with Crippen LogP contribution in [0.1, 0.15) is 39.0 Å². The maximum atomic E-state index is 5.72. The van der Waals surface area contributed by atoms with Crippen LogP contribution >= 0.6 is 0 Å². The highest BCUT2D eigenvalue weighted by atomic mass is 16.5. The Kier molecular flexibility index (Phi) is 4.18. The van der Waals surface area contributed by atoms with Gasteiger partial charge in [-0.25, -0.2) is 0 Å². The summed E-state index contributed by atoms with van der Waals surface area (Å²) in [4.78, 5) is 15.5. The number of anilines is 2. The molecular weight excluding hydrogens is 254 g/mol. The molecule has 1 aliphatic carbocycles. The van der Waals surface area contributed by atoms with Gasteiger partial charge in [0.25, 0.3) is 0 Å². The van der Waals surface area contributed by atoms with Crippen LogP contribution in [-0.2, 0) is 0 Å².